The smallest absolute Gasteiger partial charge is 0.296 e. The number of anilines is 1. The fourth-order valence-electron chi connectivity index (χ4n) is 0.997. The van der Waals surface area contributed by atoms with Crippen LogP contribution in [0, 0.1) is 10.1 Å². The molecule has 0 aliphatic rings. The first kappa shape index (κ1) is 12.2. The van der Waals surface area contributed by atoms with E-state index in [9.17, 15) is 18.5 Å². The van der Waals surface area contributed by atoms with E-state index < -0.39 is 20.6 Å². The summed E-state index contributed by atoms with van der Waals surface area (Å²) in [5, 5.41) is 19.7. The van der Waals surface area contributed by atoms with Crippen molar-refractivity contribution >= 4 is 21.4 Å². The summed E-state index contributed by atoms with van der Waals surface area (Å²) in [6.45, 7) is 1.41. The van der Waals surface area contributed by atoms with Crippen LogP contribution in [-0.2, 0) is 10.0 Å². The summed E-state index contributed by atoms with van der Waals surface area (Å²) < 4.78 is 24.5. The zero-order valence-corrected chi connectivity index (χ0v) is 9.19. The molecule has 0 aliphatic heterocycles. The van der Waals surface area contributed by atoms with Gasteiger partial charge in [0.15, 0.2) is 0 Å². The number of sulfonamides is 1. The maximum atomic E-state index is 11.2. The standard InChI is InChI=1S/C8H10N2O5S/c1-2-16(14,15)9-7-4-3-6(11)5-8(7)10(12)13/h3-5,9,11H,2H2,1H3. The summed E-state index contributed by atoms with van der Waals surface area (Å²) in [7, 11) is -3.58. The van der Waals surface area contributed by atoms with Crippen molar-refractivity contribution in [1.82, 2.24) is 0 Å². The molecule has 1 aromatic rings. The lowest BCUT2D eigenvalue weighted by atomic mass is 10.2. The van der Waals surface area contributed by atoms with Crippen LogP contribution >= 0.6 is 0 Å². The zero-order chi connectivity index (χ0) is 12.3. The summed E-state index contributed by atoms with van der Waals surface area (Å²) in [6.07, 6.45) is 0. The molecule has 0 fully saturated rings. The molecule has 0 amide bonds. The van der Waals surface area contributed by atoms with Crippen molar-refractivity contribution in [3.05, 3.63) is 28.3 Å². The molecule has 0 atom stereocenters. The Bertz CT molecular complexity index is 511. The molecule has 0 aromatic heterocycles. The number of phenolic OH excluding ortho intramolecular Hbond substituents is 1. The second kappa shape index (κ2) is 4.35. The van der Waals surface area contributed by atoms with E-state index in [2.05, 4.69) is 4.72 Å². The van der Waals surface area contributed by atoms with Gasteiger partial charge in [-0.15, -0.1) is 0 Å². The van der Waals surface area contributed by atoms with E-state index in [1.165, 1.54) is 13.0 Å². The van der Waals surface area contributed by atoms with E-state index in [-0.39, 0.29) is 17.2 Å². The maximum Gasteiger partial charge on any atom is 0.296 e. The second-order valence-corrected chi connectivity index (χ2v) is 4.98. The molecule has 0 unspecified atom stereocenters. The van der Waals surface area contributed by atoms with Crippen LogP contribution in [0.3, 0.4) is 0 Å². The third kappa shape index (κ3) is 2.83. The fraction of sp³-hybridized carbons (Fsp3) is 0.250. The van der Waals surface area contributed by atoms with Gasteiger partial charge in [-0.25, -0.2) is 8.42 Å². The molecule has 2 N–H and O–H groups in total. The molecule has 0 bridgehead atoms. The Kier molecular flexibility index (Phi) is 3.33. The van der Waals surface area contributed by atoms with E-state index in [1.807, 2.05) is 0 Å². The van der Waals surface area contributed by atoms with Crippen molar-refractivity contribution in [2.75, 3.05) is 10.5 Å². The molecule has 16 heavy (non-hydrogen) atoms. The Balaban J connectivity index is 3.19. The third-order valence-electron chi connectivity index (χ3n) is 1.82. The minimum Gasteiger partial charge on any atom is -0.508 e. The largest absolute Gasteiger partial charge is 0.508 e. The highest BCUT2D eigenvalue weighted by molar-refractivity contribution is 7.92. The van der Waals surface area contributed by atoms with Gasteiger partial charge >= 0.3 is 0 Å². The van der Waals surface area contributed by atoms with E-state index in [4.69, 9.17) is 5.11 Å². The molecule has 0 saturated carbocycles. The fourth-order valence-corrected chi connectivity index (χ4v) is 1.65. The average molecular weight is 246 g/mol. The highest BCUT2D eigenvalue weighted by Crippen LogP contribution is 2.28. The first-order chi connectivity index (χ1) is 7.35. The first-order valence-corrected chi connectivity index (χ1v) is 5.99. The molecule has 0 saturated heterocycles. The van der Waals surface area contributed by atoms with Gasteiger partial charge in [-0.3, -0.25) is 14.8 Å². The highest BCUT2D eigenvalue weighted by atomic mass is 32.2. The molecule has 0 aliphatic carbocycles. The van der Waals surface area contributed by atoms with Crippen molar-refractivity contribution in [2.24, 2.45) is 0 Å². The Morgan fingerprint density at radius 2 is 2.12 bits per heavy atom. The number of nitrogens with one attached hydrogen (secondary N) is 1. The van der Waals surface area contributed by atoms with Gasteiger partial charge in [0.25, 0.3) is 5.69 Å². The van der Waals surface area contributed by atoms with Crippen LogP contribution in [0.15, 0.2) is 18.2 Å². The second-order valence-electron chi connectivity index (χ2n) is 2.96. The SMILES string of the molecule is CCS(=O)(=O)Nc1ccc(O)cc1[N+](=O)[O-]. The van der Waals surface area contributed by atoms with Gasteiger partial charge in [0, 0.05) is 0 Å². The summed E-state index contributed by atoms with van der Waals surface area (Å²) >= 11 is 0. The van der Waals surface area contributed by atoms with Crippen molar-refractivity contribution in [3.8, 4) is 5.75 Å². The number of aromatic hydroxyl groups is 1. The zero-order valence-electron chi connectivity index (χ0n) is 8.37. The number of benzene rings is 1. The lowest BCUT2D eigenvalue weighted by molar-refractivity contribution is -0.384. The quantitative estimate of drug-likeness (QED) is 0.469. The van der Waals surface area contributed by atoms with Gasteiger partial charge in [-0.2, -0.15) is 0 Å². The van der Waals surface area contributed by atoms with Crippen LogP contribution in [0.1, 0.15) is 6.92 Å². The molecule has 88 valence electrons. The maximum absolute atomic E-state index is 11.2. The van der Waals surface area contributed by atoms with Crippen LogP contribution < -0.4 is 4.72 Å². The van der Waals surface area contributed by atoms with E-state index >= 15 is 0 Å². The molecular weight excluding hydrogens is 236 g/mol. The van der Waals surface area contributed by atoms with Crippen molar-refractivity contribution in [2.45, 2.75) is 6.92 Å². The highest BCUT2D eigenvalue weighted by Gasteiger charge is 2.18. The molecule has 0 radical (unpaired) electrons. The number of nitro groups is 1. The lowest BCUT2D eigenvalue weighted by Crippen LogP contribution is -2.15. The van der Waals surface area contributed by atoms with Crippen LogP contribution in [0.2, 0.25) is 0 Å². The monoisotopic (exact) mass is 246 g/mol. The van der Waals surface area contributed by atoms with Gasteiger partial charge in [-0.05, 0) is 19.1 Å². The molecule has 1 rings (SSSR count). The van der Waals surface area contributed by atoms with E-state index in [1.54, 1.807) is 0 Å². The predicted octanol–water partition coefficient (Wildman–Crippen LogP) is 1.06. The van der Waals surface area contributed by atoms with E-state index in [0.717, 1.165) is 12.1 Å². The summed E-state index contributed by atoms with van der Waals surface area (Å²) in [5.41, 5.74) is -0.651. The molecule has 7 nitrogen and oxygen atoms in total. The minimum atomic E-state index is -3.58. The van der Waals surface area contributed by atoms with E-state index in [0.29, 0.717) is 0 Å². The third-order valence-corrected chi connectivity index (χ3v) is 3.11. The Morgan fingerprint density at radius 1 is 1.50 bits per heavy atom. The molecule has 8 heteroatoms. The normalized spacial score (nSPS) is 11.1. The van der Waals surface area contributed by atoms with Gasteiger partial charge in [0.1, 0.15) is 11.4 Å². The Labute approximate surface area is 91.9 Å². The van der Waals surface area contributed by atoms with Crippen LogP contribution in [0.4, 0.5) is 11.4 Å². The predicted molar refractivity (Wildman–Crippen MR) is 57.8 cm³/mol. The van der Waals surface area contributed by atoms with Crippen LogP contribution in [0.25, 0.3) is 0 Å². The first-order valence-electron chi connectivity index (χ1n) is 4.33. The average Bonchev–Trinajstić information content (AvgIpc) is 2.20. The summed E-state index contributed by atoms with van der Waals surface area (Å²) in [4.78, 5) is 9.84. The lowest BCUT2D eigenvalue weighted by Gasteiger charge is -2.06. The molecular formula is C8H10N2O5S. The molecule has 0 heterocycles. The van der Waals surface area contributed by atoms with Crippen molar-refractivity contribution in [1.29, 1.82) is 0 Å². The van der Waals surface area contributed by atoms with Gasteiger partial charge in [0.2, 0.25) is 10.0 Å². The van der Waals surface area contributed by atoms with Crippen molar-refractivity contribution in [3.63, 3.8) is 0 Å². The van der Waals surface area contributed by atoms with Gasteiger partial charge in [0.05, 0.1) is 16.7 Å². The number of hydrogen-bond donors (Lipinski definition) is 2. The number of nitrogens with zero attached hydrogens (tertiary/aromatic N) is 1. The topological polar surface area (TPSA) is 110 Å². The number of phenols is 1. The van der Waals surface area contributed by atoms with Gasteiger partial charge < -0.3 is 5.11 Å². The summed E-state index contributed by atoms with van der Waals surface area (Å²) in [6, 6.07) is 3.19. The van der Waals surface area contributed by atoms with Crippen molar-refractivity contribution < 1.29 is 18.4 Å². The summed E-state index contributed by atoms with van der Waals surface area (Å²) in [5.74, 6) is -0.489. The van der Waals surface area contributed by atoms with Crippen LogP contribution in [0.5, 0.6) is 5.75 Å². The molecule has 0 spiro atoms. The number of rotatable bonds is 4. The minimum absolute atomic E-state index is 0.162. The van der Waals surface area contributed by atoms with Gasteiger partial charge in [-0.1, -0.05) is 0 Å². The molecule has 1 aromatic carbocycles. The van der Waals surface area contributed by atoms with Crippen LogP contribution in [-0.4, -0.2) is 24.2 Å². The number of nitro benzene ring substituents is 1. The number of hydrogen-bond acceptors (Lipinski definition) is 5. The Hall–Kier alpha value is -1.83. The Morgan fingerprint density at radius 3 is 2.62 bits per heavy atom.